The van der Waals surface area contributed by atoms with Gasteiger partial charge in [-0.15, -0.1) is 0 Å². The molecule has 0 spiro atoms. The SMILES string of the molecule is c1ccc(-c2c(-c3ccccc3)c3cc(-c4cccc(N(c5ccc(-c6ccc(-c7cccc8ccccc78)cc6)cc5)c5cccc(-c6ccc7ccccc7c6)c5)c4)ccc3c3ccccc23)cc1. The van der Waals surface area contributed by atoms with Crippen molar-refractivity contribution in [2.24, 2.45) is 0 Å². The fraction of sp³-hybridized carbons (Fsp3) is 0. The summed E-state index contributed by atoms with van der Waals surface area (Å²) in [5, 5.41) is 9.98. The van der Waals surface area contributed by atoms with Crippen LogP contribution in [0.25, 0.3) is 110 Å². The number of hydrogen-bond acceptors (Lipinski definition) is 1. The van der Waals surface area contributed by atoms with E-state index >= 15 is 0 Å². The number of fused-ring (bicyclic) bond motifs is 5. The van der Waals surface area contributed by atoms with E-state index in [4.69, 9.17) is 0 Å². The monoisotopic (exact) mass is 901 g/mol. The average molecular weight is 902 g/mol. The zero-order valence-electron chi connectivity index (χ0n) is 39.1. The third-order valence-corrected chi connectivity index (χ3v) is 14.2. The summed E-state index contributed by atoms with van der Waals surface area (Å²) in [6.07, 6.45) is 0. The van der Waals surface area contributed by atoms with Gasteiger partial charge in [0.1, 0.15) is 0 Å². The lowest BCUT2D eigenvalue weighted by atomic mass is 9.84. The number of nitrogens with zero attached hydrogens (tertiary/aromatic N) is 1. The zero-order valence-corrected chi connectivity index (χ0v) is 39.1. The van der Waals surface area contributed by atoms with E-state index in [9.17, 15) is 0 Å². The first-order valence-corrected chi connectivity index (χ1v) is 24.5. The van der Waals surface area contributed by atoms with Crippen molar-refractivity contribution in [2.45, 2.75) is 0 Å². The Morgan fingerprint density at radius 1 is 0.183 bits per heavy atom. The summed E-state index contributed by atoms with van der Waals surface area (Å²) >= 11 is 0. The minimum absolute atomic E-state index is 1.08. The van der Waals surface area contributed by atoms with Crippen molar-refractivity contribution in [2.75, 3.05) is 4.90 Å². The van der Waals surface area contributed by atoms with E-state index in [0.717, 1.165) is 28.2 Å². The Morgan fingerprint density at radius 3 is 1.30 bits per heavy atom. The molecule has 0 amide bonds. The Kier molecular flexibility index (Phi) is 10.6. The van der Waals surface area contributed by atoms with E-state index < -0.39 is 0 Å². The molecular weight excluding hydrogens is 855 g/mol. The van der Waals surface area contributed by atoms with Gasteiger partial charge in [0.15, 0.2) is 0 Å². The van der Waals surface area contributed by atoms with Crippen LogP contribution in [0.2, 0.25) is 0 Å². The van der Waals surface area contributed by atoms with E-state index in [1.807, 2.05) is 0 Å². The molecule has 0 atom stereocenters. The minimum Gasteiger partial charge on any atom is -0.310 e. The third-order valence-electron chi connectivity index (χ3n) is 14.2. The molecule has 0 heterocycles. The lowest BCUT2D eigenvalue weighted by molar-refractivity contribution is 1.28. The predicted molar refractivity (Wildman–Crippen MR) is 304 cm³/mol. The molecule has 0 radical (unpaired) electrons. The second-order valence-electron chi connectivity index (χ2n) is 18.4. The van der Waals surface area contributed by atoms with E-state index in [1.54, 1.807) is 0 Å². The highest BCUT2D eigenvalue weighted by molar-refractivity contribution is 6.22. The van der Waals surface area contributed by atoms with Crippen LogP contribution in [0.5, 0.6) is 0 Å². The Labute approximate surface area is 414 Å². The molecule has 1 nitrogen and oxygen atoms in total. The van der Waals surface area contributed by atoms with Crippen molar-refractivity contribution in [3.05, 3.63) is 285 Å². The first kappa shape index (κ1) is 41.9. The van der Waals surface area contributed by atoms with Gasteiger partial charge in [-0.3, -0.25) is 0 Å². The van der Waals surface area contributed by atoms with Crippen LogP contribution in [0.3, 0.4) is 0 Å². The van der Waals surface area contributed by atoms with Crippen LogP contribution in [0.1, 0.15) is 0 Å². The molecule has 0 saturated carbocycles. The molecule has 0 fully saturated rings. The van der Waals surface area contributed by atoms with Gasteiger partial charge in [-0.05, 0) is 158 Å². The summed E-state index contributed by atoms with van der Waals surface area (Å²) in [6, 6.07) is 104. The van der Waals surface area contributed by atoms with Crippen LogP contribution in [-0.4, -0.2) is 0 Å². The molecule has 71 heavy (non-hydrogen) atoms. The smallest absolute Gasteiger partial charge is 0.0467 e. The van der Waals surface area contributed by atoms with E-state index in [1.165, 1.54) is 98.7 Å². The molecule has 13 aromatic carbocycles. The van der Waals surface area contributed by atoms with Gasteiger partial charge >= 0.3 is 0 Å². The fourth-order valence-corrected chi connectivity index (χ4v) is 10.8. The molecule has 0 bridgehead atoms. The lowest BCUT2D eigenvalue weighted by Crippen LogP contribution is -2.10. The summed E-state index contributed by atoms with van der Waals surface area (Å²) in [7, 11) is 0. The molecule has 332 valence electrons. The summed E-state index contributed by atoms with van der Waals surface area (Å²) in [5.74, 6) is 0. The molecule has 1 heteroatoms. The maximum absolute atomic E-state index is 2.42. The van der Waals surface area contributed by atoms with Gasteiger partial charge in [0, 0.05) is 17.1 Å². The second kappa shape index (κ2) is 18.0. The molecule has 0 saturated heterocycles. The second-order valence-corrected chi connectivity index (χ2v) is 18.4. The van der Waals surface area contributed by atoms with Gasteiger partial charge in [0.2, 0.25) is 0 Å². The first-order valence-electron chi connectivity index (χ1n) is 24.5. The molecule has 0 unspecified atom stereocenters. The average Bonchev–Trinajstić information content (AvgIpc) is 3.45. The Bertz CT molecular complexity index is 4070. The van der Waals surface area contributed by atoms with E-state index in [-0.39, 0.29) is 0 Å². The lowest BCUT2D eigenvalue weighted by Gasteiger charge is -2.27. The molecule has 0 aromatic heterocycles. The normalized spacial score (nSPS) is 11.4. The number of rotatable bonds is 9. The van der Waals surface area contributed by atoms with Crippen molar-refractivity contribution in [1.82, 2.24) is 0 Å². The van der Waals surface area contributed by atoms with Gasteiger partial charge in [0.05, 0.1) is 0 Å². The maximum atomic E-state index is 2.42. The number of hydrogen-bond donors (Lipinski definition) is 0. The Morgan fingerprint density at radius 2 is 0.620 bits per heavy atom. The van der Waals surface area contributed by atoms with Crippen molar-refractivity contribution in [3.63, 3.8) is 0 Å². The molecular formula is C70H47N. The highest BCUT2D eigenvalue weighted by Gasteiger charge is 2.20. The summed E-state index contributed by atoms with van der Waals surface area (Å²) < 4.78 is 0. The van der Waals surface area contributed by atoms with Crippen molar-refractivity contribution in [1.29, 1.82) is 0 Å². The summed E-state index contributed by atoms with van der Waals surface area (Å²) in [4.78, 5) is 2.40. The van der Waals surface area contributed by atoms with Crippen molar-refractivity contribution in [3.8, 4) is 66.8 Å². The molecule has 0 aliphatic heterocycles. The molecule has 13 rings (SSSR count). The van der Waals surface area contributed by atoms with Crippen LogP contribution < -0.4 is 4.90 Å². The van der Waals surface area contributed by atoms with Gasteiger partial charge < -0.3 is 4.90 Å². The summed E-state index contributed by atoms with van der Waals surface area (Å²) in [6.45, 7) is 0. The van der Waals surface area contributed by atoms with Gasteiger partial charge in [0.25, 0.3) is 0 Å². The molecule has 13 aromatic rings. The van der Waals surface area contributed by atoms with E-state index in [2.05, 4.69) is 290 Å². The molecule has 0 N–H and O–H groups in total. The summed E-state index contributed by atoms with van der Waals surface area (Å²) in [5.41, 5.74) is 17.7. The van der Waals surface area contributed by atoms with Crippen LogP contribution in [0.4, 0.5) is 17.1 Å². The van der Waals surface area contributed by atoms with Gasteiger partial charge in [-0.1, -0.05) is 237 Å². The highest BCUT2D eigenvalue weighted by Crippen LogP contribution is 2.46. The number of benzene rings is 13. The predicted octanol–water partition coefficient (Wildman–Crippen LogP) is 19.8. The maximum Gasteiger partial charge on any atom is 0.0467 e. The largest absolute Gasteiger partial charge is 0.310 e. The topological polar surface area (TPSA) is 3.24 Å². The fourth-order valence-electron chi connectivity index (χ4n) is 10.8. The van der Waals surface area contributed by atoms with Crippen LogP contribution in [-0.2, 0) is 0 Å². The molecule has 0 aliphatic carbocycles. The van der Waals surface area contributed by atoms with Gasteiger partial charge in [-0.25, -0.2) is 0 Å². The first-order chi connectivity index (χ1) is 35.2. The van der Waals surface area contributed by atoms with Crippen LogP contribution in [0, 0.1) is 0 Å². The van der Waals surface area contributed by atoms with Gasteiger partial charge in [-0.2, -0.15) is 0 Å². The minimum atomic E-state index is 1.08. The molecule has 0 aliphatic rings. The van der Waals surface area contributed by atoms with Crippen molar-refractivity contribution < 1.29 is 0 Å². The quantitative estimate of drug-likeness (QED) is 0.131. The van der Waals surface area contributed by atoms with Crippen LogP contribution in [0.15, 0.2) is 285 Å². The number of anilines is 3. The standard InChI is InChI=1S/C70H47N/c1-3-18-53(19-4-1)69-67-30-12-11-29-65(67)66-43-40-59(47-68(66)70(69)54-20-5-2-6-21-54)57-25-14-27-62(46-57)71(61-26-13-24-56(45-61)58-37-34-48-16-7-8-22-55(48)44-58)60-41-38-50(39-42-60)49-32-35-52(36-33-49)64-31-15-23-51-17-9-10-28-63(51)64/h1-47H. The van der Waals surface area contributed by atoms with E-state index in [0.29, 0.717) is 0 Å². The Hall–Kier alpha value is -9.30. The highest BCUT2D eigenvalue weighted by atomic mass is 15.1. The third kappa shape index (κ3) is 7.80. The Balaban J connectivity index is 0.933. The van der Waals surface area contributed by atoms with Crippen molar-refractivity contribution >= 4 is 60.2 Å². The van der Waals surface area contributed by atoms with Crippen LogP contribution >= 0.6 is 0 Å². The zero-order chi connectivity index (χ0) is 47.1.